The predicted octanol–water partition coefficient (Wildman–Crippen LogP) is 7.55. The van der Waals surface area contributed by atoms with Crippen LogP contribution in [0, 0.1) is 5.92 Å². The summed E-state index contributed by atoms with van der Waals surface area (Å²) >= 11 is 12.5. The van der Waals surface area contributed by atoms with Crippen LogP contribution in [-0.2, 0) is 54.5 Å². The number of hydrogen-bond acceptors (Lipinski definition) is 12. The van der Waals surface area contributed by atoms with E-state index in [1.54, 1.807) is 94.4 Å². The number of piperidine rings is 2. The molecule has 2 amide bonds. The lowest BCUT2D eigenvalue weighted by Crippen LogP contribution is -2.45. The van der Waals surface area contributed by atoms with E-state index < -0.39 is 11.2 Å². The monoisotopic (exact) mass is 1090 g/mol. The van der Waals surface area contributed by atoms with Gasteiger partial charge in [-0.1, -0.05) is 47.5 Å². The maximum Gasteiger partial charge on any atom is 0.274 e. The lowest BCUT2D eigenvalue weighted by Gasteiger charge is -2.30. The van der Waals surface area contributed by atoms with Crippen LogP contribution in [0.4, 0.5) is 5.69 Å². The minimum atomic E-state index is -1.13. The maximum atomic E-state index is 13.0. The second-order valence-corrected chi connectivity index (χ2v) is 21.7. The van der Waals surface area contributed by atoms with E-state index in [2.05, 4.69) is 30.4 Å². The number of H-pyrrole nitrogens is 1. The number of likely N-dealkylation sites (tertiary alicyclic amines) is 2. The topological polar surface area (TPSA) is 230 Å². The fourth-order valence-corrected chi connectivity index (χ4v) is 9.88. The van der Waals surface area contributed by atoms with Crippen molar-refractivity contribution in [3.63, 3.8) is 0 Å². The van der Waals surface area contributed by atoms with Crippen molar-refractivity contribution in [2.75, 3.05) is 32.5 Å². The van der Waals surface area contributed by atoms with Crippen molar-refractivity contribution < 1.29 is 24.9 Å². The third-order valence-corrected chi connectivity index (χ3v) is 14.7. The van der Waals surface area contributed by atoms with Crippen LogP contribution < -0.4 is 16.4 Å². The van der Waals surface area contributed by atoms with Crippen LogP contribution in [0.2, 0.25) is 10.0 Å². The fraction of sp³-hybridized carbons (Fsp3) is 0.368. The van der Waals surface area contributed by atoms with Gasteiger partial charge in [-0.15, -0.1) is 0 Å². The molecule has 20 heteroatoms. The highest BCUT2D eigenvalue weighted by Crippen LogP contribution is 2.29. The van der Waals surface area contributed by atoms with Gasteiger partial charge in [0, 0.05) is 98.8 Å². The number of fused-ring (bicyclic) bond motifs is 2. The van der Waals surface area contributed by atoms with Gasteiger partial charge in [0.25, 0.3) is 11.1 Å². The number of aliphatic hydroxyl groups excluding tert-OH is 1. The molecule has 2 aliphatic heterocycles. The summed E-state index contributed by atoms with van der Waals surface area (Å²) < 4.78 is 4.96. The first-order valence-electron chi connectivity index (χ1n) is 25.4. The molecule has 18 nitrogen and oxygen atoms in total. The Morgan fingerprint density at radius 3 is 1.82 bits per heavy atom. The standard InChI is InChI=1S/C29H32ClN5O3.C15H16N4O2.C13H17ClN2O2/c1-29(2,38)28-31-15-22(16-32-28)19-8-9-23-25(14-19)35(34(4)27(23)37)17-21-13-18(7-10-24(21)30)12-20-6-5-11-33(3)26(20)36;1-15(2,21)14-16-7-10(8-17-14)9-4-5-11-12(6-9)18-19(3)13(11)20;1-16-6-2-3-12(13(16)18)15-10-4-5-11(14)9(7-10)8-17/h7-10,13-16,20,38H,5-6,11-12,17H2,1-4H3;4-8,18,21H,1-3H3;4-5,7,12,15,17H,2-3,6,8H2,1H3. The van der Waals surface area contributed by atoms with Gasteiger partial charge in [0.1, 0.15) is 17.2 Å². The second-order valence-electron chi connectivity index (χ2n) is 20.9. The van der Waals surface area contributed by atoms with E-state index in [9.17, 15) is 29.4 Å². The number of benzene rings is 4. The van der Waals surface area contributed by atoms with E-state index >= 15 is 0 Å². The summed E-state index contributed by atoms with van der Waals surface area (Å²) in [5.74, 6) is 1.00. The first-order valence-corrected chi connectivity index (χ1v) is 26.2. The smallest absolute Gasteiger partial charge is 0.274 e. The lowest BCUT2D eigenvalue weighted by atomic mass is 9.90. The first-order chi connectivity index (χ1) is 36.5. The second kappa shape index (κ2) is 23.2. The van der Waals surface area contributed by atoms with E-state index in [4.69, 9.17) is 28.3 Å². The molecule has 0 spiro atoms. The molecule has 77 heavy (non-hydrogen) atoms. The molecular weight excluding hydrogens is 1020 g/mol. The molecule has 8 aromatic rings. The Morgan fingerprint density at radius 2 is 1.21 bits per heavy atom. The molecule has 2 saturated heterocycles. The molecule has 2 atom stereocenters. The van der Waals surface area contributed by atoms with Crippen LogP contribution in [0.5, 0.6) is 0 Å². The van der Waals surface area contributed by atoms with Crippen molar-refractivity contribution in [1.29, 1.82) is 0 Å². The highest BCUT2D eigenvalue weighted by atomic mass is 35.5. The Morgan fingerprint density at radius 1 is 0.649 bits per heavy atom. The summed E-state index contributed by atoms with van der Waals surface area (Å²) in [6, 6.07) is 22.2. The van der Waals surface area contributed by atoms with Gasteiger partial charge in [-0.25, -0.2) is 19.9 Å². The number of aromatic amines is 1. The molecule has 0 aliphatic carbocycles. The number of aryl methyl sites for hydroxylation is 1. The molecule has 0 bridgehead atoms. The summed E-state index contributed by atoms with van der Waals surface area (Å²) in [5, 5.41) is 37.8. The molecule has 2 unspecified atom stereocenters. The summed E-state index contributed by atoms with van der Waals surface area (Å²) in [6.45, 7) is 8.49. The van der Waals surface area contributed by atoms with E-state index in [-0.39, 0.29) is 41.5 Å². The number of aromatic nitrogens is 8. The summed E-state index contributed by atoms with van der Waals surface area (Å²) in [4.78, 5) is 70.0. The Bertz CT molecular complexity index is 3560. The molecule has 2 aliphatic rings. The molecule has 2 fully saturated rings. The zero-order valence-electron chi connectivity index (χ0n) is 44.5. The molecule has 5 N–H and O–H groups in total. The van der Waals surface area contributed by atoms with Crippen molar-refractivity contribution in [3.05, 3.63) is 157 Å². The number of nitrogens with one attached hydrogen (secondary N) is 2. The van der Waals surface area contributed by atoms with E-state index in [1.165, 1.54) is 4.68 Å². The highest BCUT2D eigenvalue weighted by molar-refractivity contribution is 6.31. The molecule has 0 radical (unpaired) electrons. The van der Waals surface area contributed by atoms with Gasteiger partial charge in [-0.2, -0.15) is 0 Å². The summed E-state index contributed by atoms with van der Waals surface area (Å²) in [5.41, 5.74) is 6.01. The average molecular weight is 1090 g/mol. The van der Waals surface area contributed by atoms with Crippen LogP contribution in [0.1, 0.15) is 81.7 Å². The summed E-state index contributed by atoms with van der Waals surface area (Å²) in [6.07, 6.45) is 11.1. The average Bonchev–Trinajstić information content (AvgIpc) is 3.83. The Kier molecular flexibility index (Phi) is 16.8. The van der Waals surface area contributed by atoms with Crippen molar-refractivity contribution >= 4 is 62.5 Å². The van der Waals surface area contributed by atoms with Gasteiger partial charge in [0.2, 0.25) is 11.8 Å². The third-order valence-electron chi connectivity index (χ3n) is 14.0. The molecule has 4 aromatic heterocycles. The van der Waals surface area contributed by atoms with Gasteiger partial charge < -0.3 is 30.4 Å². The molecule has 4 aromatic carbocycles. The normalized spacial score (nSPS) is 16.1. The van der Waals surface area contributed by atoms with Crippen LogP contribution in [0.3, 0.4) is 0 Å². The Balaban J connectivity index is 0.000000169. The maximum absolute atomic E-state index is 13.0. The summed E-state index contributed by atoms with van der Waals surface area (Å²) in [7, 11) is 7.11. The Hall–Kier alpha value is -7.22. The molecular formula is C57H65Cl2N11O7. The highest BCUT2D eigenvalue weighted by Gasteiger charge is 2.28. The van der Waals surface area contributed by atoms with Crippen LogP contribution >= 0.6 is 23.2 Å². The Labute approximate surface area is 455 Å². The third kappa shape index (κ3) is 12.8. The minimum Gasteiger partial charge on any atom is -0.392 e. The number of aliphatic hydroxyl groups is 3. The number of anilines is 1. The van der Waals surface area contributed by atoms with Crippen LogP contribution in [-0.4, -0.2) is 109 Å². The number of hydrogen-bond donors (Lipinski definition) is 5. The largest absolute Gasteiger partial charge is 0.392 e. The van der Waals surface area contributed by atoms with Crippen molar-refractivity contribution in [2.45, 2.75) is 90.2 Å². The zero-order valence-corrected chi connectivity index (χ0v) is 46.0. The number of carbonyl (C=O) groups excluding carboxylic acids is 2. The van der Waals surface area contributed by atoms with Crippen molar-refractivity contribution in [2.24, 2.45) is 20.0 Å². The zero-order chi connectivity index (χ0) is 55.5. The SMILES string of the molecule is CN1CCCC(Cc2ccc(Cl)c(Cn3c4cc(-c5cnc(C(C)(C)O)nc5)ccc4c(=O)n3C)c2)C1=O.CN1CCCC(Nc2ccc(Cl)c(CO)c2)C1=O.Cn1[nH]c2cc(-c3cnc(C(C)(C)O)nc3)ccc2c1=O. The molecule has 0 saturated carbocycles. The van der Waals surface area contributed by atoms with Crippen LogP contribution in [0.15, 0.2) is 107 Å². The van der Waals surface area contributed by atoms with Gasteiger partial charge in [-0.05, 0) is 136 Å². The molecule has 6 heterocycles. The molecule has 10 rings (SSSR count). The minimum absolute atomic E-state index is 0.0212. The van der Waals surface area contributed by atoms with E-state index in [1.807, 2.05) is 78.3 Å². The quantitative estimate of drug-likeness (QED) is 0.0846. The number of amides is 2. The predicted molar refractivity (Wildman–Crippen MR) is 300 cm³/mol. The van der Waals surface area contributed by atoms with Crippen molar-refractivity contribution in [1.82, 2.24) is 48.9 Å². The molecule has 404 valence electrons. The van der Waals surface area contributed by atoms with Gasteiger partial charge >= 0.3 is 0 Å². The first kappa shape index (κ1) is 56.0. The van der Waals surface area contributed by atoms with E-state index in [0.717, 1.165) is 88.9 Å². The number of rotatable bonds is 11. The lowest BCUT2D eigenvalue weighted by molar-refractivity contribution is -0.136. The van der Waals surface area contributed by atoms with Gasteiger partial charge in [0.15, 0.2) is 11.6 Å². The van der Waals surface area contributed by atoms with Crippen LogP contribution in [0.25, 0.3) is 44.1 Å². The number of nitrogens with zero attached hydrogens (tertiary/aromatic N) is 9. The van der Waals surface area contributed by atoms with Gasteiger partial charge in [0.05, 0.1) is 35.0 Å². The van der Waals surface area contributed by atoms with E-state index in [0.29, 0.717) is 51.0 Å². The van der Waals surface area contributed by atoms with Gasteiger partial charge in [-0.3, -0.25) is 38.3 Å². The van der Waals surface area contributed by atoms with Crippen molar-refractivity contribution in [3.8, 4) is 22.3 Å². The number of carbonyl (C=O) groups is 2. The number of likely N-dealkylation sites (N-methyl/N-ethyl adjacent to an activating group) is 1. The number of halogens is 2. The fourth-order valence-electron chi connectivity index (χ4n) is 9.53.